The maximum absolute atomic E-state index is 12.5. The molecule has 0 atom stereocenters. The summed E-state index contributed by atoms with van der Waals surface area (Å²) in [7, 11) is 1.33. The van der Waals surface area contributed by atoms with Crippen molar-refractivity contribution in [3.8, 4) is 0 Å². The Labute approximate surface area is 125 Å². The van der Waals surface area contributed by atoms with Gasteiger partial charge in [0.05, 0.1) is 5.69 Å². The molecular formula is C13H16F2N2O3S. The van der Waals surface area contributed by atoms with Crippen molar-refractivity contribution in [2.24, 2.45) is 0 Å². The lowest BCUT2D eigenvalue weighted by Gasteiger charge is -2.31. The Morgan fingerprint density at radius 1 is 1.33 bits per heavy atom. The number of thioether (sulfide) groups is 1. The predicted octanol–water partition coefficient (Wildman–Crippen LogP) is 3.33. The predicted molar refractivity (Wildman–Crippen MR) is 76.8 cm³/mol. The maximum atomic E-state index is 12.5. The van der Waals surface area contributed by atoms with Gasteiger partial charge in [-0.05, 0) is 26.0 Å². The number of urea groups is 1. The van der Waals surface area contributed by atoms with Crippen LogP contribution in [0.2, 0.25) is 0 Å². The molecule has 1 aromatic carbocycles. The topological polar surface area (TPSA) is 69.6 Å². The molecule has 0 spiro atoms. The number of nitrogens with one attached hydrogen (secondary N) is 1. The Kier molecular flexibility index (Phi) is 5.54. The summed E-state index contributed by atoms with van der Waals surface area (Å²) in [6.07, 6.45) is 0. The average molecular weight is 318 g/mol. The third kappa shape index (κ3) is 4.32. The monoisotopic (exact) mass is 318 g/mol. The largest absolute Gasteiger partial charge is 0.480 e. The lowest BCUT2D eigenvalue weighted by Crippen LogP contribution is -2.52. The molecule has 0 aliphatic carbocycles. The Hall–Kier alpha value is -1.83. The number of likely N-dealkylation sites (N-methyl/N-ethyl adjacent to an activating group) is 1. The summed E-state index contributed by atoms with van der Waals surface area (Å²) in [5, 5.41) is 11.5. The van der Waals surface area contributed by atoms with Crippen LogP contribution in [0.4, 0.5) is 19.3 Å². The summed E-state index contributed by atoms with van der Waals surface area (Å²) in [4.78, 5) is 24.4. The minimum Gasteiger partial charge on any atom is -0.480 e. The number of alkyl halides is 2. The average Bonchev–Trinajstić information content (AvgIpc) is 2.39. The van der Waals surface area contributed by atoms with Crippen LogP contribution in [0.25, 0.3) is 0 Å². The van der Waals surface area contributed by atoms with Gasteiger partial charge < -0.3 is 15.3 Å². The highest BCUT2D eigenvalue weighted by molar-refractivity contribution is 7.99. The molecule has 0 aromatic heterocycles. The molecule has 2 amide bonds. The van der Waals surface area contributed by atoms with E-state index in [1.807, 2.05) is 0 Å². The number of hydrogen-bond donors (Lipinski definition) is 2. The molecule has 0 aliphatic heterocycles. The molecule has 0 bridgehead atoms. The van der Waals surface area contributed by atoms with Gasteiger partial charge in [0.25, 0.3) is 5.76 Å². The second-order valence-corrected chi connectivity index (χ2v) is 5.76. The van der Waals surface area contributed by atoms with Crippen molar-refractivity contribution in [1.29, 1.82) is 0 Å². The number of carbonyl (C=O) groups is 2. The van der Waals surface area contributed by atoms with E-state index in [0.29, 0.717) is 11.8 Å². The highest BCUT2D eigenvalue weighted by atomic mass is 32.2. The zero-order valence-corrected chi connectivity index (χ0v) is 12.6. The number of rotatable bonds is 5. The van der Waals surface area contributed by atoms with Gasteiger partial charge in [-0.15, -0.1) is 0 Å². The van der Waals surface area contributed by atoms with E-state index in [1.165, 1.54) is 33.0 Å². The van der Waals surface area contributed by atoms with Gasteiger partial charge in [-0.1, -0.05) is 23.9 Å². The van der Waals surface area contributed by atoms with Gasteiger partial charge in [-0.2, -0.15) is 8.78 Å². The van der Waals surface area contributed by atoms with Crippen molar-refractivity contribution in [3.63, 3.8) is 0 Å². The third-order valence-electron chi connectivity index (χ3n) is 3.01. The molecule has 0 aliphatic rings. The smallest absolute Gasteiger partial charge is 0.329 e. The normalized spacial score (nSPS) is 11.3. The number of hydrogen-bond acceptors (Lipinski definition) is 3. The number of aliphatic carboxylic acids is 1. The van der Waals surface area contributed by atoms with E-state index < -0.39 is 23.3 Å². The zero-order chi connectivity index (χ0) is 16.2. The first-order chi connectivity index (χ1) is 9.66. The lowest BCUT2D eigenvalue weighted by atomic mass is 10.1. The Morgan fingerprint density at radius 3 is 2.43 bits per heavy atom. The maximum Gasteiger partial charge on any atom is 0.329 e. The number of para-hydroxylation sites is 1. The fourth-order valence-electron chi connectivity index (χ4n) is 1.37. The SMILES string of the molecule is CN(C(=O)Nc1ccccc1SC(F)F)C(C)(C)C(=O)O. The summed E-state index contributed by atoms with van der Waals surface area (Å²) >= 11 is 0.310. The standard InChI is InChI=1S/C13H16F2N2O3S/c1-13(2,10(18)19)17(3)12(20)16-8-6-4-5-7-9(8)21-11(14)15/h4-7,11H,1-3H3,(H,16,20)(H,18,19). The molecule has 116 valence electrons. The Bertz CT molecular complexity index is 538. The van der Waals surface area contributed by atoms with Crippen LogP contribution in [0, 0.1) is 0 Å². The number of amides is 2. The molecule has 0 saturated heterocycles. The van der Waals surface area contributed by atoms with Crippen LogP contribution in [-0.2, 0) is 4.79 Å². The van der Waals surface area contributed by atoms with Crippen LogP contribution in [-0.4, -0.2) is 40.4 Å². The Balaban J connectivity index is 2.91. The first-order valence-corrected chi connectivity index (χ1v) is 6.86. The number of carbonyl (C=O) groups excluding carboxylic acids is 1. The molecule has 0 unspecified atom stereocenters. The van der Waals surface area contributed by atoms with Gasteiger partial charge >= 0.3 is 12.0 Å². The number of halogens is 2. The fraction of sp³-hybridized carbons (Fsp3) is 0.385. The minimum atomic E-state index is -2.61. The highest BCUT2D eigenvalue weighted by Crippen LogP contribution is 2.32. The van der Waals surface area contributed by atoms with Crippen LogP contribution in [0.3, 0.4) is 0 Å². The summed E-state index contributed by atoms with van der Waals surface area (Å²) in [5.74, 6) is -3.79. The Morgan fingerprint density at radius 2 is 1.90 bits per heavy atom. The molecule has 1 rings (SSSR count). The molecule has 1 aromatic rings. The molecule has 0 fully saturated rings. The molecule has 0 radical (unpaired) electrons. The summed E-state index contributed by atoms with van der Waals surface area (Å²) in [6.45, 7) is 2.74. The van der Waals surface area contributed by atoms with E-state index in [4.69, 9.17) is 5.11 Å². The van der Waals surface area contributed by atoms with Crippen LogP contribution in [0.1, 0.15) is 13.8 Å². The number of carboxylic acid groups (broad SMARTS) is 1. The van der Waals surface area contributed by atoms with Gasteiger partial charge in [0.1, 0.15) is 5.54 Å². The van der Waals surface area contributed by atoms with Gasteiger partial charge in [-0.25, -0.2) is 9.59 Å². The number of anilines is 1. The molecule has 21 heavy (non-hydrogen) atoms. The number of carboxylic acids is 1. The fourth-order valence-corrected chi connectivity index (χ4v) is 1.96. The minimum absolute atomic E-state index is 0.209. The van der Waals surface area contributed by atoms with Crippen molar-refractivity contribution in [2.45, 2.75) is 30.0 Å². The molecular weight excluding hydrogens is 302 g/mol. The van der Waals surface area contributed by atoms with Gasteiger partial charge in [0, 0.05) is 11.9 Å². The number of benzene rings is 1. The van der Waals surface area contributed by atoms with E-state index in [0.717, 1.165) is 4.90 Å². The summed E-state index contributed by atoms with van der Waals surface area (Å²) in [5.41, 5.74) is -1.21. The lowest BCUT2D eigenvalue weighted by molar-refractivity contribution is -0.146. The van der Waals surface area contributed by atoms with Crippen molar-refractivity contribution in [1.82, 2.24) is 4.90 Å². The molecule has 2 N–H and O–H groups in total. The number of nitrogens with zero attached hydrogens (tertiary/aromatic N) is 1. The van der Waals surface area contributed by atoms with Gasteiger partial charge in [0.15, 0.2) is 0 Å². The van der Waals surface area contributed by atoms with Gasteiger partial charge in [0.2, 0.25) is 0 Å². The van der Waals surface area contributed by atoms with Gasteiger partial charge in [-0.3, -0.25) is 0 Å². The van der Waals surface area contributed by atoms with Crippen molar-refractivity contribution in [2.75, 3.05) is 12.4 Å². The molecule has 8 heteroatoms. The van der Waals surface area contributed by atoms with E-state index in [9.17, 15) is 18.4 Å². The summed E-state index contributed by atoms with van der Waals surface area (Å²) in [6, 6.07) is 5.40. The summed E-state index contributed by atoms with van der Waals surface area (Å²) < 4.78 is 24.9. The van der Waals surface area contributed by atoms with E-state index in [2.05, 4.69) is 5.32 Å². The van der Waals surface area contributed by atoms with Crippen LogP contribution < -0.4 is 5.32 Å². The van der Waals surface area contributed by atoms with Crippen molar-refractivity contribution < 1.29 is 23.5 Å². The van der Waals surface area contributed by atoms with E-state index >= 15 is 0 Å². The second kappa shape index (κ2) is 6.75. The van der Waals surface area contributed by atoms with Crippen LogP contribution in [0.5, 0.6) is 0 Å². The van der Waals surface area contributed by atoms with Crippen LogP contribution >= 0.6 is 11.8 Å². The van der Waals surface area contributed by atoms with E-state index in [-0.39, 0.29) is 10.6 Å². The quantitative estimate of drug-likeness (QED) is 0.817. The molecule has 0 heterocycles. The first kappa shape index (κ1) is 17.2. The third-order valence-corrected chi connectivity index (χ3v) is 3.80. The van der Waals surface area contributed by atoms with Crippen molar-refractivity contribution in [3.05, 3.63) is 24.3 Å². The molecule has 0 saturated carbocycles. The highest BCUT2D eigenvalue weighted by Gasteiger charge is 2.35. The van der Waals surface area contributed by atoms with Crippen molar-refractivity contribution >= 4 is 29.4 Å². The second-order valence-electron chi connectivity index (χ2n) is 4.73. The van der Waals surface area contributed by atoms with E-state index in [1.54, 1.807) is 12.1 Å². The first-order valence-electron chi connectivity index (χ1n) is 5.98. The zero-order valence-electron chi connectivity index (χ0n) is 11.8. The molecule has 5 nitrogen and oxygen atoms in total. The van der Waals surface area contributed by atoms with Crippen LogP contribution in [0.15, 0.2) is 29.2 Å².